The first-order chi connectivity index (χ1) is 8.85. The highest BCUT2D eigenvalue weighted by Gasteiger charge is 2.86. The lowest BCUT2D eigenvalue weighted by Gasteiger charge is -2.37. The van der Waals surface area contributed by atoms with Crippen LogP contribution in [0.2, 0.25) is 0 Å². The third-order valence-corrected chi connectivity index (χ3v) is 5.14. The molecule has 0 aromatic carbocycles. The lowest BCUT2D eigenvalue weighted by atomic mass is 10.0. The Kier molecular flexibility index (Phi) is 5.62. The molecule has 126 valence electrons. The Morgan fingerprint density at radius 1 is 0.667 bits per heavy atom. The average Bonchev–Trinajstić information content (AvgIpc) is 2.25. The maximum absolute atomic E-state index is 13.0. The van der Waals surface area contributed by atoms with E-state index in [0.29, 0.717) is 0 Å². The van der Waals surface area contributed by atoms with Crippen molar-refractivity contribution in [2.75, 3.05) is 0 Å². The third-order valence-electron chi connectivity index (χ3n) is 1.98. The van der Waals surface area contributed by atoms with Gasteiger partial charge in [0, 0.05) is 0 Å². The predicted octanol–water partition coefficient (Wildman–Crippen LogP) is 5.80. The number of halogens is 14. The summed E-state index contributed by atoms with van der Waals surface area (Å²) in [5.41, 5.74) is -6.31. The van der Waals surface area contributed by atoms with E-state index in [-0.39, 0.29) is 0 Å². The van der Waals surface area contributed by atoms with Gasteiger partial charge >= 0.3 is 35.4 Å². The molecule has 0 spiro atoms. The first-order valence-electron chi connectivity index (χ1n) is 4.15. The molecule has 0 aliphatic heterocycles. The quantitative estimate of drug-likeness (QED) is 0.302. The molecule has 0 fully saturated rings. The van der Waals surface area contributed by atoms with Gasteiger partial charge in [-0.1, -0.05) is 0 Å². The van der Waals surface area contributed by atoms with Crippen molar-refractivity contribution in [2.24, 2.45) is 0 Å². The van der Waals surface area contributed by atoms with Gasteiger partial charge in [-0.15, -0.1) is 33.2 Å². The van der Waals surface area contributed by atoms with Crippen LogP contribution in [0.15, 0.2) is 11.9 Å². The molecule has 0 saturated carbocycles. The highest BCUT2D eigenvalue weighted by molar-refractivity contribution is 7.65. The molecular weight excluding hydrogens is 415 g/mol. The molecule has 0 rings (SSSR count). The molecule has 0 aromatic heterocycles. The molecule has 0 radical (unpaired) electrons. The van der Waals surface area contributed by atoms with Crippen molar-refractivity contribution in [3.8, 4) is 0 Å². The number of allylic oxidation sites excluding steroid dienone is 1. The van der Waals surface area contributed by atoms with Crippen molar-refractivity contribution >= 4 is 39.2 Å². The summed E-state index contributed by atoms with van der Waals surface area (Å²) < 4.78 is 138. The van der Waals surface area contributed by atoms with Gasteiger partial charge in [0.25, 0.3) is 0 Å². The van der Waals surface area contributed by atoms with Crippen molar-refractivity contribution in [3.63, 3.8) is 0 Å². The van der Waals surface area contributed by atoms with Gasteiger partial charge in [-0.05, 0) is 0 Å². The predicted molar refractivity (Wildman–Crippen MR) is 53.5 cm³/mol. The normalized spacial score (nSPS) is 15.1. The molecule has 0 aromatic rings. The monoisotopic (exact) mass is 414 g/mol. The molecule has 0 bridgehead atoms. The highest BCUT2D eigenvalue weighted by atomic mass is 35.8. The molecule has 0 aliphatic rings. The summed E-state index contributed by atoms with van der Waals surface area (Å²) in [5, 5.41) is 0. The number of rotatable bonds is 5. The first-order valence-corrected chi connectivity index (χ1v) is 9.18. The van der Waals surface area contributed by atoms with E-state index in [2.05, 4.69) is 33.2 Å². The molecule has 0 N–H and O–H groups in total. The van der Waals surface area contributed by atoms with Crippen molar-refractivity contribution in [1.82, 2.24) is 0 Å². The van der Waals surface area contributed by atoms with Gasteiger partial charge in [0.15, 0.2) is 0 Å². The Labute approximate surface area is 123 Å². The van der Waals surface area contributed by atoms with Crippen LogP contribution in [-0.4, -0.2) is 29.3 Å². The number of alkyl halides is 8. The van der Waals surface area contributed by atoms with Gasteiger partial charge in [0.2, 0.25) is 5.83 Å². The lowest BCUT2D eigenvalue weighted by Crippen LogP contribution is -2.67. The molecule has 21 heavy (non-hydrogen) atoms. The van der Waals surface area contributed by atoms with Crippen LogP contribution >= 0.6 is 33.2 Å². The van der Waals surface area contributed by atoms with Gasteiger partial charge in [0.1, 0.15) is 0 Å². The van der Waals surface area contributed by atoms with Gasteiger partial charge in [0.05, 0.1) is 0 Å². The Hall–Kier alpha value is 0.0569. The Morgan fingerprint density at radius 2 is 1.00 bits per heavy atom. The molecular formula is C6Cl3F11Si. The standard InChI is InChI=1S/C6Cl3F11Si/c7-21(8,9)6(19,20)5(17,18)4(15,16)3(13,14)1(10)2(11)12. The topological polar surface area (TPSA) is 0 Å². The second-order valence-corrected chi connectivity index (χ2v) is 11.8. The molecule has 0 amide bonds. The smallest absolute Gasteiger partial charge is 0.200 e. The van der Waals surface area contributed by atoms with Crippen LogP contribution < -0.4 is 0 Å². The lowest BCUT2D eigenvalue weighted by molar-refractivity contribution is -0.343. The molecule has 0 atom stereocenters. The number of hydrogen-bond donors (Lipinski definition) is 0. The summed E-state index contributed by atoms with van der Waals surface area (Å²) in [7, 11) is 0. The van der Waals surface area contributed by atoms with Crippen LogP contribution in [0.25, 0.3) is 0 Å². The van der Waals surface area contributed by atoms with Crippen LogP contribution in [0.3, 0.4) is 0 Å². The minimum Gasteiger partial charge on any atom is -0.200 e. The van der Waals surface area contributed by atoms with Crippen molar-refractivity contribution in [3.05, 3.63) is 11.9 Å². The SMILES string of the molecule is FC(F)=C(F)C(F)(F)C(F)(F)C(F)(F)C(F)(F)[Si](Cl)(Cl)Cl. The summed E-state index contributed by atoms with van der Waals surface area (Å²) in [4.78, 5) is 0. The average molecular weight is 415 g/mol. The summed E-state index contributed by atoms with van der Waals surface area (Å²) in [5.74, 6) is -25.7. The van der Waals surface area contributed by atoms with Crippen LogP contribution in [0.5, 0.6) is 0 Å². The van der Waals surface area contributed by atoms with E-state index in [0.717, 1.165) is 0 Å². The van der Waals surface area contributed by atoms with Crippen molar-refractivity contribution < 1.29 is 48.3 Å². The van der Waals surface area contributed by atoms with Crippen LogP contribution in [-0.2, 0) is 0 Å². The van der Waals surface area contributed by atoms with Crippen LogP contribution in [0.4, 0.5) is 48.3 Å². The first kappa shape index (κ1) is 21.1. The largest absolute Gasteiger partial charge is 0.424 e. The minimum atomic E-state index is -7.31. The van der Waals surface area contributed by atoms with Gasteiger partial charge in [-0.25, -0.2) is 0 Å². The fourth-order valence-electron chi connectivity index (χ4n) is 0.829. The molecule has 0 aliphatic carbocycles. The zero-order chi connectivity index (χ0) is 17.7. The van der Waals surface area contributed by atoms with Crippen molar-refractivity contribution in [2.45, 2.75) is 23.3 Å². The van der Waals surface area contributed by atoms with E-state index in [4.69, 9.17) is 0 Å². The molecule has 0 saturated heterocycles. The van der Waals surface area contributed by atoms with Gasteiger partial charge < -0.3 is 0 Å². The van der Waals surface area contributed by atoms with Gasteiger partial charge in [-0.2, -0.15) is 48.3 Å². The summed E-state index contributed by atoms with van der Waals surface area (Å²) >= 11 is 13.2. The summed E-state index contributed by atoms with van der Waals surface area (Å²) in [6.45, 7) is 0. The Morgan fingerprint density at radius 3 is 1.24 bits per heavy atom. The molecule has 15 heteroatoms. The van der Waals surface area contributed by atoms with E-state index in [1.54, 1.807) is 0 Å². The fourth-order valence-corrected chi connectivity index (χ4v) is 2.41. The Bertz CT molecular complexity index is 436. The number of hydrogen-bond acceptors (Lipinski definition) is 0. The van der Waals surface area contributed by atoms with Crippen LogP contribution in [0.1, 0.15) is 0 Å². The minimum absolute atomic E-state index is 4.11. The van der Waals surface area contributed by atoms with Crippen LogP contribution in [0, 0.1) is 0 Å². The van der Waals surface area contributed by atoms with Crippen molar-refractivity contribution in [1.29, 1.82) is 0 Å². The zero-order valence-electron chi connectivity index (χ0n) is 8.79. The molecule has 0 nitrogen and oxygen atoms in total. The van der Waals surface area contributed by atoms with E-state index >= 15 is 0 Å². The van der Waals surface area contributed by atoms with Gasteiger partial charge in [-0.3, -0.25) is 0 Å². The second-order valence-electron chi connectivity index (χ2n) is 3.37. The fraction of sp³-hybridized carbons (Fsp3) is 0.667. The third kappa shape index (κ3) is 3.08. The maximum atomic E-state index is 13.0. The molecule has 0 heterocycles. The summed E-state index contributed by atoms with van der Waals surface area (Å²) in [6, 6.07) is -6.08. The van der Waals surface area contributed by atoms with E-state index < -0.39 is 41.2 Å². The van der Waals surface area contributed by atoms with E-state index in [1.807, 2.05) is 0 Å². The maximum Gasteiger partial charge on any atom is 0.424 e. The van der Waals surface area contributed by atoms with E-state index in [9.17, 15) is 48.3 Å². The molecule has 0 unspecified atom stereocenters. The zero-order valence-corrected chi connectivity index (χ0v) is 12.1. The summed E-state index contributed by atoms with van der Waals surface area (Å²) in [6.07, 6.45) is -4.11. The highest BCUT2D eigenvalue weighted by Crippen LogP contribution is 2.59. The Balaban J connectivity index is 6.20. The second kappa shape index (κ2) is 5.60. The van der Waals surface area contributed by atoms with E-state index in [1.165, 1.54) is 0 Å².